The van der Waals surface area contributed by atoms with Crippen LogP contribution in [0, 0.1) is 13.8 Å². The van der Waals surface area contributed by atoms with Gasteiger partial charge in [0.2, 0.25) is 0 Å². The van der Waals surface area contributed by atoms with Crippen LogP contribution in [0.25, 0.3) is 10.2 Å². The van der Waals surface area contributed by atoms with Gasteiger partial charge in [-0.05, 0) is 19.4 Å². The van der Waals surface area contributed by atoms with Gasteiger partial charge in [-0.3, -0.25) is 4.98 Å². The highest BCUT2D eigenvalue weighted by Crippen LogP contribution is 2.31. The number of thiophene rings is 1. The third-order valence-electron chi connectivity index (χ3n) is 3.15. The molecule has 3 heterocycles. The highest BCUT2D eigenvalue weighted by molar-refractivity contribution is 7.18. The Kier molecular flexibility index (Phi) is 3.65. The van der Waals surface area contributed by atoms with Crippen molar-refractivity contribution < 1.29 is 4.74 Å². The molecule has 5 nitrogen and oxygen atoms in total. The minimum absolute atomic E-state index is 0.220. The van der Waals surface area contributed by atoms with Crippen molar-refractivity contribution in [1.29, 1.82) is 0 Å². The van der Waals surface area contributed by atoms with Gasteiger partial charge >= 0.3 is 0 Å². The van der Waals surface area contributed by atoms with Gasteiger partial charge in [0.1, 0.15) is 23.0 Å². The quantitative estimate of drug-likeness (QED) is 0.799. The van der Waals surface area contributed by atoms with Crippen molar-refractivity contribution in [3.63, 3.8) is 0 Å². The molecule has 0 aromatic carbocycles. The Morgan fingerprint density at radius 2 is 2.10 bits per heavy atom. The van der Waals surface area contributed by atoms with E-state index in [4.69, 9.17) is 22.1 Å². The number of pyridine rings is 1. The molecule has 3 aromatic rings. The Morgan fingerprint density at radius 3 is 2.86 bits per heavy atom. The molecule has 0 radical (unpaired) electrons. The molecular weight excluding hydrogens is 308 g/mol. The van der Waals surface area contributed by atoms with Crippen LogP contribution in [0.15, 0.2) is 18.5 Å². The van der Waals surface area contributed by atoms with Crippen LogP contribution in [0.3, 0.4) is 0 Å². The zero-order chi connectivity index (χ0) is 15.0. The molecular formula is C14H13ClN4OS. The van der Waals surface area contributed by atoms with Gasteiger partial charge in [0.15, 0.2) is 5.82 Å². The summed E-state index contributed by atoms with van der Waals surface area (Å²) in [6.45, 7) is 4.30. The molecule has 21 heavy (non-hydrogen) atoms. The number of aromatic nitrogens is 3. The van der Waals surface area contributed by atoms with Gasteiger partial charge in [-0.1, -0.05) is 11.6 Å². The highest BCUT2D eigenvalue weighted by Gasteiger charge is 2.12. The lowest BCUT2D eigenvalue weighted by molar-refractivity contribution is 0.295. The second-order valence-corrected chi connectivity index (χ2v) is 6.26. The fourth-order valence-electron chi connectivity index (χ4n) is 2.01. The number of anilines is 1. The SMILES string of the molecule is Cc1sc2nc(COc3cncc(Cl)c3)nc(N)c2c1C. The summed E-state index contributed by atoms with van der Waals surface area (Å²) in [5.41, 5.74) is 7.17. The first-order valence-electron chi connectivity index (χ1n) is 6.30. The summed E-state index contributed by atoms with van der Waals surface area (Å²) in [5, 5.41) is 1.46. The maximum Gasteiger partial charge on any atom is 0.169 e. The number of nitrogens with two attached hydrogens (primary N) is 1. The molecule has 0 saturated heterocycles. The summed E-state index contributed by atoms with van der Waals surface area (Å²) in [6, 6.07) is 1.69. The zero-order valence-electron chi connectivity index (χ0n) is 11.6. The first-order chi connectivity index (χ1) is 10.0. The van der Waals surface area contributed by atoms with Crippen LogP contribution in [-0.2, 0) is 6.61 Å². The summed E-state index contributed by atoms with van der Waals surface area (Å²) >= 11 is 7.47. The molecule has 0 atom stereocenters. The number of rotatable bonds is 3. The Morgan fingerprint density at radius 1 is 1.29 bits per heavy atom. The van der Waals surface area contributed by atoms with Gasteiger partial charge < -0.3 is 10.5 Å². The topological polar surface area (TPSA) is 73.9 Å². The highest BCUT2D eigenvalue weighted by atomic mass is 35.5. The number of aryl methyl sites for hydroxylation is 2. The maximum absolute atomic E-state index is 6.03. The summed E-state index contributed by atoms with van der Waals surface area (Å²) in [5.74, 6) is 1.61. The van der Waals surface area contributed by atoms with E-state index in [-0.39, 0.29) is 6.61 Å². The Hall–Kier alpha value is -1.92. The van der Waals surface area contributed by atoms with Crippen molar-refractivity contribution >= 4 is 39.0 Å². The summed E-state index contributed by atoms with van der Waals surface area (Å²) in [7, 11) is 0. The lowest BCUT2D eigenvalue weighted by Crippen LogP contribution is -2.04. The van der Waals surface area contributed by atoms with E-state index >= 15 is 0 Å². The molecule has 2 N–H and O–H groups in total. The Balaban J connectivity index is 1.88. The smallest absolute Gasteiger partial charge is 0.169 e. The van der Waals surface area contributed by atoms with E-state index in [9.17, 15) is 0 Å². The first-order valence-corrected chi connectivity index (χ1v) is 7.49. The van der Waals surface area contributed by atoms with Crippen molar-refractivity contribution in [3.05, 3.63) is 39.7 Å². The minimum atomic E-state index is 0.220. The fraction of sp³-hybridized carbons (Fsp3) is 0.214. The normalized spacial score (nSPS) is 11.0. The van der Waals surface area contributed by atoms with Crippen LogP contribution in [0.1, 0.15) is 16.3 Å². The molecule has 0 spiro atoms. The number of nitrogens with zero attached hydrogens (tertiary/aromatic N) is 3. The average Bonchev–Trinajstić information content (AvgIpc) is 2.72. The van der Waals surface area contributed by atoms with E-state index < -0.39 is 0 Å². The number of halogens is 1. The second-order valence-electron chi connectivity index (χ2n) is 4.62. The van der Waals surface area contributed by atoms with Crippen LogP contribution in [0.4, 0.5) is 5.82 Å². The van der Waals surface area contributed by atoms with E-state index in [1.165, 1.54) is 4.88 Å². The third kappa shape index (κ3) is 2.77. The Labute approximate surface area is 130 Å². The summed E-state index contributed by atoms with van der Waals surface area (Å²) in [4.78, 5) is 14.9. The van der Waals surface area contributed by atoms with E-state index in [1.54, 1.807) is 29.8 Å². The largest absolute Gasteiger partial charge is 0.484 e. The maximum atomic E-state index is 6.03. The van der Waals surface area contributed by atoms with Gasteiger partial charge in [-0.15, -0.1) is 11.3 Å². The van der Waals surface area contributed by atoms with Crippen LogP contribution in [0.2, 0.25) is 5.02 Å². The fourth-order valence-corrected chi connectivity index (χ4v) is 3.23. The molecule has 0 bridgehead atoms. The standard InChI is InChI=1S/C14H13ClN4OS/c1-7-8(2)21-14-12(7)13(16)18-11(19-14)6-20-10-3-9(15)4-17-5-10/h3-5H,6H2,1-2H3,(H2,16,18,19). The van der Waals surface area contributed by atoms with E-state index in [1.807, 2.05) is 6.92 Å². The number of nitrogen functional groups attached to an aromatic ring is 1. The van der Waals surface area contributed by atoms with E-state index in [2.05, 4.69) is 21.9 Å². The number of ether oxygens (including phenoxy) is 1. The molecule has 3 rings (SSSR count). The number of fused-ring (bicyclic) bond motifs is 1. The Bertz CT molecular complexity index is 818. The van der Waals surface area contributed by atoms with E-state index in [0.717, 1.165) is 15.8 Å². The van der Waals surface area contributed by atoms with Crippen molar-refractivity contribution in [3.8, 4) is 5.75 Å². The monoisotopic (exact) mass is 320 g/mol. The van der Waals surface area contributed by atoms with Gasteiger partial charge in [0.05, 0.1) is 16.6 Å². The van der Waals surface area contributed by atoms with Gasteiger partial charge in [-0.25, -0.2) is 9.97 Å². The molecule has 0 aliphatic carbocycles. The average molecular weight is 321 g/mol. The van der Waals surface area contributed by atoms with Crippen molar-refractivity contribution in [1.82, 2.24) is 15.0 Å². The summed E-state index contributed by atoms with van der Waals surface area (Å²) < 4.78 is 5.59. The van der Waals surface area contributed by atoms with Crippen LogP contribution in [-0.4, -0.2) is 15.0 Å². The van der Waals surface area contributed by atoms with Crippen LogP contribution >= 0.6 is 22.9 Å². The van der Waals surface area contributed by atoms with Crippen molar-refractivity contribution in [2.45, 2.75) is 20.5 Å². The third-order valence-corrected chi connectivity index (χ3v) is 4.46. The molecule has 0 aliphatic heterocycles. The molecule has 108 valence electrons. The minimum Gasteiger partial charge on any atom is -0.484 e. The van der Waals surface area contributed by atoms with Gasteiger partial charge in [0, 0.05) is 17.1 Å². The lowest BCUT2D eigenvalue weighted by atomic mass is 10.2. The molecule has 0 saturated carbocycles. The van der Waals surface area contributed by atoms with E-state index in [0.29, 0.717) is 22.4 Å². The summed E-state index contributed by atoms with van der Waals surface area (Å²) in [6.07, 6.45) is 3.14. The lowest BCUT2D eigenvalue weighted by Gasteiger charge is -2.06. The van der Waals surface area contributed by atoms with Crippen molar-refractivity contribution in [2.75, 3.05) is 5.73 Å². The molecule has 7 heteroatoms. The number of hydrogen-bond donors (Lipinski definition) is 1. The number of hydrogen-bond acceptors (Lipinski definition) is 6. The second kappa shape index (κ2) is 5.46. The van der Waals surface area contributed by atoms with Gasteiger partial charge in [0.25, 0.3) is 0 Å². The predicted octanol–water partition coefficient (Wildman–Crippen LogP) is 3.52. The van der Waals surface area contributed by atoms with Crippen LogP contribution < -0.4 is 10.5 Å². The molecule has 0 fully saturated rings. The van der Waals surface area contributed by atoms with Crippen molar-refractivity contribution in [2.24, 2.45) is 0 Å². The molecule has 0 unspecified atom stereocenters. The predicted molar refractivity (Wildman–Crippen MR) is 84.9 cm³/mol. The molecule has 0 aliphatic rings. The van der Waals surface area contributed by atoms with Crippen LogP contribution in [0.5, 0.6) is 5.75 Å². The molecule has 3 aromatic heterocycles. The zero-order valence-corrected chi connectivity index (χ0v) is 13.1. The van der Waals surface area contributed by atoms with Gasteiger partial charge in [-0.2, -0.15) is 0 Å². The first kappa shape index (κ1) is 14.0. The molecule has 0 amide bonds.